The van der Waals surface area contributed by atoms with Gasteiger partial charge in [-0.25, -0.2) is 0 Å². The van der Waals surface area contributed by atoms with Crippen molar-refractivity contribution in [3.8, 4) is 23.0 Å². The van der Waals surface area contributed by atoms with Crippen molar-refractivity contribution >= 4 is 0 Å². The van der Waals surface area contributed by atoms with Gasteiger partial charge in [0.25, 0.3) is 0 Å². The summed E-state index contributed by atoms with van der Waals surface area (Å²) in [6.07, 6.45) is 0.946. The zero-order valence-electron chi connectivity index (χ0n) is 11.2. The van der Waals surface area contributed by atoms with E-state index >= 15 is 0 Å². The largest absolute Gasteiger partial charge is 0.384 e. The second kappa shape index (κ2) is 4.57. The first-order valence-corrected chi connectivity index (χ1v) is 6.53. The average molecular weight is 248 g/mol. The number of aryl methyl sites for hydroxylation is 1. The lowest BCUT2D eigenvalue weighted by Gasteiger charge is -2.10. The summed E-state index contributed by atoms with van der Waals surface area (Å²) in [5.41, 5.74) is 8.90. The van der Waals surface area contributed by atoms with Gasteiger partial charge in [-0.3, -0.25) is 0 Å². The molecule has 0 atom stereocenters. The van der Waals surface area contributed by atoms with Crippen molar-refractivity contribution in [1.82, 2.24) is 0 Å². The van der Waals surface area contributed by atoms with Crippen LogP contribution >= 0.6 is 0 Å². The lowest BCUT2D eigenvalue weighted by atomic mass is 9.93. The highest BCUT2D eigenvalue weighted by Crippen LogP contribution is 2.40. The molecule has 94 valence electrons. The molecule has 1 aliphatic carbocycles. The Morgan fingerprint density at radius 3 is 2.74 bits per heavy atom. The number of hydrogen-bond donors (Lipinski definition) is 1. The van der Waals surface area contributed by atoms with E-state index < -0.39 is 0 Å². The van der Waals surface area contributed by atoms with E-state index in [1.54, 1.807) is 0 Å². The van der Waals surface area contributed by atoms with E-state index in [1.807, 2.05) is 0 Å². The minimum atomic E-state index is -0.0882. The summed E-state index contributed by atoms with van der Waals surface area (Å²) in [6, 6.07) is 10.8. The van der Waals surface area contributed by atoms with E-state index in [2.05, 4.69) is 56.0 Å². The van der Waals surface area contributed by atoms with Crippen LogP contribution in [0.5, 0.6) is 0 Å². The molecule has 0 amide bonds. The van der Waals surface area contributed by atoms with Crippen LogP contribution in [0.2, 0.25) is 0 Å². The maximum Gasteiger partial charge on any atom is 0.104 e. The standard InChI is InChI=1S/C18H16O/c1-12-10-17-16-7-4-3-6-14(16)11-18(17)15(13(12)2)8-5-9-19/h3-4,6-7,10,19H,9,11H2,1-2H3. The SMILES string of the molecule is Cc1cc2c(c(C#CCO)c1C)Cc1ccccc1-2. The van der Waals surface area contributed by atoms with E-state index in [0.717, 1.165) is 12.0 Å². The van der Waals surface area contributed by atoms with E-state index in [9.17, 15) is 0 Å². The number of fused-ring (bicyclic) bond motifs is 3. The first kappa shape index (κ1) is 12.0. The van der Waals surface area contributed by atoms with Gasteiger partial charge in [0.2, 0.25) is 0 Å². The third kappa shape index (κ3) is 1.85. The summed E-state index contributed by atoms with van der Waals surface area (Å²) in [5.74, 6) is 5.93. The van der Waals surface area contributed by atoms with Gasteiger partial charge in [-0.15, -0.1) is 0 Å². The first-order chi connectivity index (χ1) is 9.22. The molecule has 0 aliphatic heterocycles. The zero-order valence-corrected chi connectivity index (χ0v) is 11.2. The van der Waals surface area contributed by atoms with Gasteiger partial charge in [-0.2, -0.15) is 0 Å². The molecule has 19 heavy (non-hydrogen) atoms. The summed E-state index contributed by atoms with van der Waals surface area (Å²) < 4.78 is 0. The van der Waals surface area contributed by atoms with E-state index in [1.165, 1.54) is 33.4 Å². The van der Waals surface area contributed by atoms with E-state index in [4.69, 9.17) is 5.11 Å². The number of benzene rings is 2. The Balaban J connectivity index is 2.28. The number of hydrogen-bond acceptors (Lipinski definition) is 1. The summed E-state index contributed by atoms with van der Waals surface area (Å²) in [4.78, 5) is 0. The van der Waals surface area contributed by atoms with Crippen LogP contribution < -0.4 is 0 Å². The van der Waals surface area contributed by atoms with Crippen molar-refractivity contribution in [3.63, 3.8) is 0 Å². The summed E-state index contributed by atoms with van der Waals surface area (Å²) in [5, 5.41) is 8.94. The second-order valence-corrected chi connectivity index (χ2v) is 5.01. The molecule has 2 aromatic rings. The highest BCUT2D eigenvalue weighted by Gasteiger charge is 2.22. The van der Waals surface area contributed by atoms with Crippen molar-refractivity contribution in [3.05, 3.63) is 58.1 Å². The molecule has 0 fully saturated rings. The van der Waals surface area contributed by atoms with Crippen molar-refractivity contribution in [2.45, 2.75) is 20.3 Å². The quantitative estimate of drug-likeness (QED) is 0.606. The van der Waals surface area contributed by atoms with Crippen LogP contribution in [-0.4, -0.2) is 11.7 Å². The first-order valence-electron chi connectivity index (χ1n) is 6.53. The Morgan fingerprint density at radius 1 is 1.16 bits per heavy atom. The van der Waals surface area contributed by atoms with Gasteiger partial charge in [0.05, 0.1) is 0 Å². The Kier molecular flexibility index (Phi) is 2.89. The molecule has 0 unspecified atom stereocenters. The summed E-state index contributed by atoms with van der Waals surface area (Å²) >= 11 is 0. The Hall–Kier alpha value is -2.04. The Labute approximate surface area is 113 Å². The second-order valence-electron chi connectivity index (χ2n) is 5.01. The van der Waals surface area contributed by atoms with Gasteiger partial charge in [-0.05, 0) is 53.6 Å². The predicted molar refractivity (Wildman–Crippen MR) is 78.1 cm³/mol. The van der Waals surface area contributed by atoms with Gasteiger partial charge in [0.1, 0.15) is 6.61 Å². The molecule has 1 heteroatoms. The molecule has 1 aliphatic rings. The third-order valence-electron chi connectivity index (χ3n) is 3.92. The Morgan fingerprint density at radius 2 is 1.95 bits per heavy atom. The van der Waals surface area contributed by atoms with Crippen molar-refractivity contribution in [2.75, 3.05) is 6.61 Å². The molecular formula is C18H16O. The molecule has 0 aromatic heterocycles. The molecular weight excluding hydrogens is 232 g/mol. The van der Waals surface area contributed by atoms with Gasteiger partial charge in [0.15, 0.2) is 0 Å². The lowest BCUT2D eigenvalue weighted by Crippen LogP contribution is -1.95. The highest BCUT2D eigenvalue weighted by atomic mass is 16.2. The Bertz CT molecular complexity index is 714. The molecule has 2 aromatic carbocycles. The summed E-state index contributed by atoms with van der Waals surface area (Å²) in [6.45, 7) is 4.15. The van der Waals surface area contributed by atoms with Crippen molar-refractivity contribution < 1.29 is 5.11 Å². The zero-order chi connectivity index (χ0) is 13.4. The topological polar surface area (TPSA) is 20.2 Å². The van der Waals surface area contributed by atoms with E-state index in [-0.39, 0.29) is 6.61 Å². The van der Waals surface area contributed by atoms with Crippen LogP contribution in [0.25, 0.3) is 11.1 Å². The van der Waals surface area contributed by atoms with Crippen molar-refractivity contribution in [2.24, 2.45) is 0 Å². The molecule has 0 radical (unpaired) electrons. The third-order valence-corrected chi connectivity index (χ3v) is 3.92. The number of rotatable bonds is 0. The normalized spacial score (nSPS) is 11.5. The molecule has 1 nitrogen and oxygen atoms in total. The van der Waals surface area contributed by atoms with E-state index in [0.29, 0.717) is 0 Å². The molecule has 0 spiro atoms. The van der Waals surface area contributed by atoms with Gasteiger partial charge < -0.3 is 5.11 Å². The number of aliphatic hydroxyl groups is 1. The van der Waals surface area contributed by atoms with Crippen LogP contribution in [0.1, 0.15) is 27.8 Å². The van der Waals surface area contributed by atoms with Crippen LogP contribution in [-0.2, 0) is 6.42 Å². The predicted octanol–water partition coefficient (Wildman–Crippen LogP) is 3.22. The molecule has 0 bridgehead atoms. The van der Waals surface area contributed by atoms with Crippen LogP contribution in [0.3, 0.4) is 0 Å². The van der Waals surface area contributed by atoms with Gasteiger partial charge >= 0.3 is 0 Å². The lowest BCUT2D eigenvalue weighted by molar-refractivity contribution is 0.350. The fourth-order valence-corrected chi connectivity index (χ4v) is 2.82. The number of aliphatic hydroxyl groups excluding tert-OH is 1. The molecule has 0 heterocycles. The maximum atomic E-state index is 8.94. The van der Waals surface area contributed by atoms with Crippen LogP contribution in [0.4, 0.5) is 0 Å². The fourth-order valence-electron chi connectivity index (χ4n) is 2.82. The van der Waals surface area contributed by atoms with Crippen LogP contribution in [0.15, 0.2) is 30.3 Å². The summed E-state index contributed by atoms with van der Waals surface area (Å²) in [7, 11) is 0. The van der Waals surface area contributed by atoms with Crippen LogP contribution in [0, 0.1) is 25.7 Å². The minimum Gasteiger partial charge on any atom is -0.384 e. The smallest absolute Gasteiger partial charge is 0.104 e. The molecule has 0 saturated carbocycles. The van der Waals surface area contributed by atoms with Crippen molar-refractivity contribution in [1.29, 1.82) is 0 Å². The molecule has 3 rings (SSSR count). The molecule has 1 N–H and O–H groups in total. The average Bonchev–Trinajstić information content (AvgIpc) is 2.78. The van der Waals surface area contributed by atoms with Gasteiger partial charge in [-0.1, -0.05) is 42.2 Å². The maximum absolute atomic E-state index is 8.94. The fraction of sp³-hybridized carbons (Fsp3) is 0.222. The monoisotopic (exact) mass is 248 g/mol. The molecule has 0 saturated heterocycles. The highest BCUT2D eigenvalue weighted by molar-refractivity contribution is 5.80. The van der Waals surface area contributed by atoms with Gasteiger partial charge in [0, 0.05) is 5.56 Å². The minimum absolute atomic E-state index is 0.0882.